The minimum Gasteiger partial charge on any atom is -0.454 e. The smallest absolute Gasteiger partial charge is 0.332 e. The van der Waals surface area contributed by atoms with E-state index in [1.807, 2.05) is 6.92 Å². The Morgan fingerprint density at radius 3 is 2.62 bits per heavy atom. The Bertz CT molecular complexity index is 891. The summed E-state index contributed by atoms with van der Waals surface area (Å²) in [6.45, 7) is 1.74. The van der Waals surface area contributed by atoms with E-state index < -0.39 is 17.2 Å². The number of carbonyl (C=O) groups excluding carboxylic acids is 2. The quantitative estimate of drug-likeness (QED) is 0.641. The van der Waals surface area contributed by atoms with Crippen molar-refractivity contribution in [3.05, 3.63) is 27.2 Å². The van der Waals surface area contributed by atoms with Gasteiger partial charge in [-0.15, -0.1) is 0 Å². The summed E-state index contributed by atoms with van der Waals surface area (Å²) in [6.07, 6.45) is 2.06. The summed E-state index contributed by atoms with van der Waals surface area (Å²) in [5, 5.41) is 2.58. The topological polar surface area (TPSA) is 117 Å². The maximum absolute atomic E-state index is 12.2. The highest BCUT2D eigenvalue weighted by Crippen LogP contribution is 2.05. The van der Waals surface area contributed by atoms with Crippen LogP contribution >= 0.6 is 0 Å². The highest BCUT2D eigenvalue weighted by molar-refractivity contribution is 5.81. The maximum Gasteiger partial charge on any atom is 0.332 e. The second-order valence-corrected chi connectivity index (χ2v) is 5.26. The summed E-state index contributed by atoms with van der Waals surface area (Å²) < 4.78 is 8.32. The van der Waals surface area contributed by atoms with Gasteiger partial charge in [0.25, 0.3) is 11.5 Å². The van der Waals surface area contributed by atoms with Crippen molar-refractivity contribution in [1.82, 2.24) is 24.0 Å². The van der Waals surface area contributed by atoms with Crippen molar-refractivity contribution in [2.75, 3.05) is 13.2 Å². The monoisotopic (exact) mass is 337 g/mol. The number of aryl methyl sites for hydroxylation is 1. The van der Waals surface area contributed by atoms with Crippen molar-refractivity contribution < 1.29 is 14.3 Å². The second kappa shape index (κ2) is 7.11. The largest absolute Gasteiger partial charge is 0.454 e. The number of esters is 1. The number of ether oxygens (including phenoxy) is 1. The summed E-state index contributed by atoms with van der Waals surface area (Å²) in [4.78, 5) is 51.3. The third-order valence-corrected chi connectivity index (χ3v) is 3.45. The average molecular weight is 337 g/mol. The zero-order valence-electron chi connectivity index (χ0n) is 13.7. The fraction of sp³-hybridized carbons (Fsp3) is 0.500. The van der Waals surface area contributed by atoms with Crippen LogP contribution in [0.4, 0.5) is 0 Å². The van der Waals surface area contributed by atoms with Crippen LogP contribution < -0.4 is 16.6 Å². The van der Waals surface area contributed by atoms with Crippen LogP contribution in [0.25, 0.3) is 11.2 Å². The molecule has 1 N–H and O–H groups in total. The molecular weight excluding hydrogens is 318 g/mol. The minimum absolute atomic E-state index is 0.118. The van der Waals surface area contributed by atoms with Crippen LogP contribution in [0.3, 0.4) is 0 Å². The van der Waals surface area contributed by atoms with Crippen molar-refractivity contribution in [1.29, 1.82) is 0 Å². The Labute approximate surface area is 136 Å². The van der Waals surface area contributed by atoms with E-state index in [-0.39, 0.29) is 30.2 Å². The van der Waals surface area contributed by atoms with E-state index in [0.717, 1.165) is 11.0 Å². The van der Waals surface area contributed by atoms with Gasteiger partial charge in [0.1, 0.15) is 6.54 Å². The molecule has 0 saturated heterocycles. The van der Waals surface area contributed by atoms with Gasteiger partial charge in [-0.25, -0.2) is 9.78 Å². The van der Waals surface area contributed by atoms with E-state index >= 15 is 0 Å². The number of amides is 1. The van der Waals surface area contributed by atoms with Crippen LogP contribution in [0.2, 0.25) is 0 Å². The van der Waals surface area contributed by atoms with E-state index in [1.165, 1.54) is 29.6 Å². The third-order valence-electron chi connectivity index (χ3n) is 3.45. The zero-order chi connectivity index (χ0) is 17.9. The molecule has 0 atom stereocenters. The first-order valence-corrected chi connectivity index (χ1v) is 7.40. The third kappa shape index (κ3) is 3.36. The number of carbonyl (C=O) groups is 2. The Balaban J connectivity index is 2.16. The molecule has 0 spiro atoms. The van der Waals surface area contributed by atoms with Crippen LogP contribution in [0.15, 0.2) is 15.9 Å². The normalized spacial score (nSPS) is 10.8. The molecule has 1 amide bonds. The molecule has 2 heterocycles. The van der Waals surface area contributed by atoms with Gasteiger partial charge in [0.2, 0.25) is 0 Å². The molecule has 0 fully saturated rings. The molecule has 0 aliphatic rings. The van der Waals surface area contributed by atoms with Crippen molar-refractivity contribution in [3.8, 4) is 0 Å². The molecule has 0 radical (unpaired) electrons. The van der Waals surface area contributed by atoms with Gasteiger partial charge >= 0.3 is 11.7 Å². The second-order valence-electron chi connectivity index (χ2n) is 5.26. The zero-order valence-corrected chi connectivity index (χ0v) is 13.7. The fourth-order valence-electron chi connectivity index (χ4n) is 2.16. The molecule has 10 nitrogen and oxygen atoms in total. The first-order valence-electron chi connectivity index (χ1n) is 7.40. The van der Waals surface area contributed by atoms with Crippen LogP contribution in [0.1, 0.15) is 13.3 Å². The summed E-state index contributed by atoms with van der Waals surface area (Å²) in [5.41, 5.74) is -0.768. The number of fused-ring (bicyclic) bond motifs is 1. The van der Waals surface area contributed by atoms with E-state index in [0.29, 0.717) is 6.54 Å². The molecule has 0 bridgehead atoms. The van der Waals surface area contributed by atoms with Gasteiger partial charge in [-0.2, -0.15) is 0 Å². The number of nitrogens with one attached hydrogen (secondary N) is 1. The first-order chi connectivity index (χ1) is 11.4. The van der Waals surface area contributed by atoms with Gasteiger partial charge in [-0.05, 0) is 6.42 Å². The van der Waals surface area contributed by atoms with Gasteiger partial charge in [0.05, 0.1) is 6.33 Å². The van der Waals surface area contributed by atoms with Crippen LogP contribution in [0, 0.1) is 0 Å². The van der Waals surface area contributed by atoms with E-state index in [1.54, 1.807) is 0 Å². The van der Waals surface area contributed by atoms with Crippen LogP contribution in [0.5, 0.6) is 0 Å². The Kier molecular flexibility index (Phi) is 5.17. The molecule has 0 saturated carbocycles. The lowest BCUT2D eigenvalue weighted by Gasteiger charge is -2.07. The average Bonchev–Trinajstić information content (AvgIpc) is 2.98. The molecule has 0 aliphatic heterocycles. The van der Waals surface area contributed by atoms with Gasteiger partial charge < -0.3 is 14.6 Å². The van der Waals surface area contributed by atoms with Crippen molar-refractivity contribution in [2.45, 2.75) is 19.9 Å². The summed E-state index contributed by atoms with van der Waals surface area (Å²) >= 11 is 0. The Hall–Kier alpha value is -2.91. The fourth-order valence-corrected chi connectivity index (χ4v) is 2.16. The van der Waals surface area contributed by atoms with E-state index in [2.05, 4.69) is 10.3 Å². The lowest BCUT2D eigenvalue weighted by Crippen LogP contribution is -2.37. The lowest BCUT2D eigenvalue weighted by atomic mass is 10.4. The number of hydrogen-bond donors (Lipinski definition) is 1. The van der Waals surface area contributed by atoms with Crippen molar-refractivity contribution in [2.24, 2.45) is 14.1 Å². The molecule has 0 aromatic carbocycles. The van der Waals surface area contributed by atoms with Crippen LogP contribution in [-0.4, -0.2) is 43.7 Å². The molecule has 24 heavy (non-hydrogen) atoms. The minimum atomic E-state index is -0.683. The van der Waals surface area contributed by atoms with E-state index in [4.69, 9.17) is 4.74 Å². The highest BCUT2D eigenvalue weighted by atomic mass is 16.5. The molecule has 0 unspecified atom stereocenters. The van der Waals surface area contributed by atoms with Crippen molar-refractivity contribution in [3.63, 3.8) is 0 Å². The molecule has 10 heteroatoms. The predicted molar refractivity (Wildman–Crippen MR) is 84.5 cm³/mol. The summed E-state index contributed by atoms with van der Waals surface area (Å²) in [5.74, 6) is -1.07. The molecule has 2 aromatic rings. The predicted octanol–water partition coefficient (Wildman–Crippen LogP) is -1.50. The standard InChI is InChI=1S/C14H19N5O5/c1-4-5-15-9(20)7-24-10(21)6-19-8-16-12-11(19)13(22)18(3)14(23)17(12)2/h8H,4-7H2,1-3H3,(H,15,20). The number of rotatable bonds is 6. The Morgan fingerprint density at radius 2 is 1.96 bits per heavy atom. The summed E-state index contributed by atoms with van der Waals surface area (Å²) in [7, 11) is 2.83. The molecule has 2 aromatic heterocycles. The highest BCUT2D eigenvalue weighted by Gasteiger charge is 2.16. The SMILES string of the molecule is CCCNC(=O)COC(=O)Cn1cnc2c1c(=O)n(C)c(=O)n2C. The number of aromatic nitrogens is 4. The molecular formula is C14H19N5O5. The van der Waals surface area contributed by atoms with E-state index in [9.17, 15) is 19.2 Å². The van der Waals surface area contributed by atoms with Crippen LogP contribution in [-0.2, 0) is 35.0 Å². The first kappa shape index (κ1) is 17.4. The van der Waals surface area contributed by atoms with Gasteiger partial charge in [0, 0.05) is 20.6 Å². The molecule has 2 rings (SSSR count). The summed E-state index contributed by atoms with van der Waals surface area (Å²) in [6, 6.07) is 0. The maximum atomic E-state index is 12.2. The van der Waals surface area contributed by atoms with Gasteiger partial charge in [-0.1, -0.05) is 6.92 Å². The number of imidazole rings is 1. The van der Waals surface area contributed by atoms with Gasteiger partial charge in [-0.3, -0.25) is 23.5 Å². The number of nitrogens with zero attached hydrogens (tertiary/aromatic N) is 4. The Morgan fingerprint density at radius 1 is 1.25 bits per heavy atom. The van der Waals surface area contributed by atoms with Gasteiger partial charge in [0.15, 0.2) is 17.8 Å². The van der Waals surface area contributed by atoms with Crippen molar-refractivity contribution >= 4 is 23.0 Å². The molecule has 130 valence electrons. The number of hydrogen-bond acceptors (Lipinski definition) is 6. The lowest BCUT2D eigenvalue weighted by molar-refractivity contribution is -0.149. The molecule has 0 aliphatic carbocycles.